The van der Waals surface area contributed by atoms with Crippen LogP contribution in [0.4, 0.5) is 0 Å². The van der Waals surface area contributed by atoms with Crippen molar-refractivity contribution in [2.75, 3.05) is 46.4 Å². The van der Waals surface area contributed by atoms with Crippen LogP contribution in [0.2, 0.25) is 0 Å². The van der Waals surface area contributed by atoms with Gasteiger partial charge in [0, 0.05) is 13.7 Å². The highest BCUT2D eigenvalue weighted by atomic mass is 16.5. The summed E-state index contributed by atoms with van der Waals surface area (Å²) in [5.74, 6) is 0.767. The monoisotopic (exact) mass is 214 g/mol. The van der Waals surface area contributed by atoms with Crippen molar-refractivity contribution in [1.82, 2.24) is 10.2 Å². The summed E-state index contributed by atoms with van der Waals surface area (Å²) in [7, 11) is 1.81. The fraction of sp³-hybridized carbons (Fsp3) is 1.00. The van der Waals surface area contributed by atoms with Gasteiger partial charge in [0.25, 0.3) is 0 Å². The van der Waals surface area contributed by atoms with E-state index in [4.69, 9.17) is 4.74 Å². The average molecular weight is 214 g/mol. The van der Waals surface area contributed by atoms with Crippen LogP contribution in [-0.2, 0) is 4.74 Å². The molecule has 3 nitrogen and oxygen atoms in total. The van der Waals surface area contributed by atoms with Crippen LogP contribution in [0.1, 0.15) is 26.2 Å². The van der Waals surface area contributed by atoms with E-state index in [1.54, 1.807) is 0 Å². The number of hydrogen-bond donors (Lipinski definition) is 1. The second-order valence-electron chi connectivity index (χ2n) is 4.47. The Labute approximate surface area is 94.2 Å². The summed E-state index contributed by atoms with van der Waals surface area (Å²) >= 11 is 0. The molecule has 1 aliphatic rings. The predicted molar refractivity (Wildman–Crippen MR) is 64.2 cm³/mol. The molecule has 1 saturated heterocycles. The summed E-state index contributed by atoms with van der Waals surface area (Å²) in [6, 6.07) is 0. The molecular formula is C12H26N2O. The number of ether oxygens (including phenoxy) is 1. The second-order valence-corrected chi connectivity index (χ2v) is 4.47. The Kier molecular flexibility index (Phi) is 6.98. The van der Waals surface area contributed by atoms with Crippen LogP contribution in [0.25, 0.3) is 0 Å². The molecule has 0 aliphatic carbocycles. The molecule has 1 heterocycles. The van der Waals surface area contributed by atoms with Crippen LogP contribution in [0.15, 0.2) is 0 Å². The van der Waals surface area contributed by atoms with E-state index >= 15 is 0 Å². The Morgan fingerprint density at radius 3 is 3.07 bits per heavy atom. The van der Waals surface area contributed by atoms with Crippen LogP contribution in [0.5, 0.6) is 0 Å². The summed E-state index contributed by atoms with van der Waals surface area (Å²) in [5, 5.41) is 3.37. The highest BCUT2D eigenvalue weighted by Crippen LogP contribution is 2.16. The lowest BCUT2D eigenvalue weighted by Crippen LogP contribution is -2.38. The first-order valence-electron chi connectivity index (χ1n) is 6.28. The minimum atomic E-state index is 0.767. The van der Waals surface area contributed by atoms with Gasteiger partial charge < -0.3 is 15.0 Å². The van der Waals surface area contributed by atoms with E-state index < -0.39 is 0 Å². The van der Waals surface area contributed by atoms with Gasteiger partial charge in [-0.1, -0.05) is 6.92 Å². The van der Waals surface area contributed by atoms with Crippen molar-refractivity contribution in [3.8, 4) is 0 Å². The Hall–Kier alpha value is -0.120. The summed E-state index contributed by atoms with van der Waals surface area (Å²) in [6.07, 6.45) is 3.96. The van der Waals surface area contributed by atoms with Crippen molar-refractivity contribution >= 4 is 0 Å². The largest absolute Gasteiger partial charge is 0.384 e. The SMILES string of the molecule is CCNCCCN1CCCC(COC)C1. The maximum atomic E-state index is 5.23. The van der Waals surface area contributed by atoms with Crippen LogP contribution in [-0.4, -0.2) is 51.3 Å². The molecule has 1 aliphatic heterocycles. The lowest BCUT2D eigenvalue weighted by molar-refractivity contribution is 0.0902. The summed E-state index contributed by atoms with van der Waals surface area (Å²) in [4.78, 5) is 2.59. The molecule has 0 saturated carbocycles. The molecule has 0 amide bonds. The number of piperidine rings is 1. The van der Waals surface area contributed by atoms with Crippen molar-refractivity contribution in [3.63, 3.8) is 0 Å². The molecule has 0 aromatic rings. The Morgan fingerprint density at radius 2 is 2.33 bits per heavy atom. The molecule has 0 aromatic heterocycles. The maximum Gasteiger partial charge on any atom is 0.0502 e. The zero-order valence-corrected chi connectivity index (χ0v) is 10.3. The van der Waals surface area contributed by atoms with Crippen molar-refractivity contribution in [2.45, 2.75) is 26.2 Å². The standard InChI is InChI=1S/C12H26N2O/c1-3-13-7-5-9-14-8-4-6-12(10-14)11-15-2/h12-13H,3-11H2,1-2H3. The zero-order chi connectivity index (χ0) is 10.9. The molecule has 1 N–H and O–H groups in total. The van der Waals surface area contributed by atoms with Crippen LogP contribution >= 0.6 is 0 Å². The maximum absolute atomic E-state index is 5.23. The molecule has 90 valence electrons. The van der Waals surface area contributed by atoms with E-state index in [0.717, 1.165) is 25.6 Å². The van der Waals surface area contributed by atoms with Gasteiger partial charge in [-0.25, -0.2) is 0 Å². The Balaban J connectivity index is 2.07. The normalized spacial score (nSPS) is 23.2. The smallest absolute Gasteiger partial charge is 0.0502 e. The lowest BCUT2D eigenvalue weighted by Gasteiger charge is -2.32. The number of hydrogen-bond acceptors (Lipinski definition) is 3. The topological polar surface area (TPSA) is 24.5 Å². The summed E-state index contributed by atoms with van der Waals surface area (Å²) < 4.78 is 5.23. The molecular weight excluding hydrogens is 188 g/mol. The molecule has 1 unspecified atom stereocenters. The Morgan fingerprint density at radius 1 is 1.47 bits per heavy atom. The third kappa shape index (κ3) is 5.50. The van der Waals surface area contributed by atoms with Gasteiger partial charge in [-0.3, -0.25) is 0 Å². The van der Waals surface area contributed by atoms with Gasteiger partial charge in [-0.2, -0.15) is 0 Å². The van der Waals surface area contributed by atoms with E-state index in [1.165, 1.54) is 38.9 Å². The van der Waals surface area contributed by atoms with E-state index in [2.05, 4.69) is 17.1 Å². The highest BCUT2D eigenvalue weighted by Gasteiger charge is 2.18. The van der Waals surface area contributed by atoms with Gasteiger partial charge in [-0.05, 0) is 51.4 Å². The van der Waals surface area contributed by atoms with Crippen molar-refractivity contribution in [3.05, 3.63) is 0 Å². The average Bonchev–Trinajstić information content (AvgIpc) is 2.26. The summed E-state index contributed by atoms with van der Waals surface area (Å²) in [5.41, 5.74) is 0. The molecule has 15 heavy (non-hydrogen) atoms. The minimum Gasteiger partial charge on any atom is -0.384 e. The molecule has 0 radical (unpaired) electrons. The molecule has 0 bridgehead atoms. The first kappa shape index (κ1) is 12.9. The predicted octanol–water partition coefficient (Wildman–Crippen LogP) is 1.34. The van der Waals surface area contributed by atoms with Gasteiger partial charge in [-0.15, -0.1) is 0 Å². The number of nitrogens with one attached hydrogen (secondary N) is 1. The molecule has 1 atom stereocenters. The lowest BCUT2D eigenvalue weighted by atomic mass is 9.99. The third-order valence-corrected chi connectivity index (χ3v) is 3.08. The number of rotatable bonds is 7. The van der Waals surface area contributed by atoms with Crippen LogP contribution < -0.4 is 5.32 Å². The minimum absolute atomic E-state index is 0.767. The molecule has 0 aromatic carbocycles. The van der Waals surface area contributed by atoms with E-state index in [-0.39, 0.29) is 0 Å². The second kappa shape index (κ2) is 8.08. The first-order valence-corrected chi connectivity index (χ1v) is 6.28. The van der Waals surface area contributed by atoms with Gasteiger partial charge in [0.2, 0.25) is 0 Å². The zero-order valence-electron chi connectivity index (χ0n) is 10.3. The first-order chi connectivity index (χ1) is 7.36. The number of nitrogens with zero attached hydrogens (tertiary/aromatic N) is 1. The third-order valence-electron chi connectivity index (χ3n) is 3.08. The fourth-order valence-corrected chi connectivity index (χ4v) is 2.33. The molecule has 0 spiro atoms. The fourth-order valence-electron chi connectivity index (χ4n) is 2.33. The number of likely N-dealkylation sites (tertiary alicyclic amines) is 1. The van der Waals surface area contributed by atoms with Crippen LogP contribution in [0.3, 0.4) is 0 Å². The van der Waals surface area contributed by atoms with Crippen molar-refractivity contribution < 1.29 is 4.74 Å². The van der Waals surface area contributed by atoms with Gasteiger partial charge in [0.15, 0.2) is 0 Å². The van der Waals surface area contributed by atoms with Crippen LogP contribution in [0, 0.1) is 5.92 Å². The van der Waals surface area contributed by atoms with Gasteiger partial charge in [0.05, 0.1) is 6.61 Å². The van der Waals surface area contributed by atoms with E-state index in [0.29, 0.717) is 0 Å². The molecule has 1 rings (SSSR count). The Bertz CT molecular complexity index is 151. The number of methoxy groups -OCH3 is 1. The highest BCUT2D eigenvalue weighted by molar-refractivity contribution is 4.72. The van der Waals surface area contributed by atoms with Gasteiger partial charge >= 0.3 is 0 Å². The van der Waals surface area contributed by atoms with E-state index in [1.807, 2.05) is 7.11 Å². The van der Waals surface area contributed by atoms with Crippen molar-refractivity contribution in [1.29, 1.82) is 0 Å². The van der Waals surface area contributed by atoms with Crippen molar-refractivity contribution in [2.24, 2.45) is 5.92 Å². The van der Waals surface area contributed by atoms with Gasteiger partial charge in [0.1, 0.15) is 0 Å². The van der Waals surface area contributed by atoms with E-state index in [9.17, 15) is 0 Å². The molecule has 3 heteroatoms. The quantitative estimate of drug-likeness (QED) is 0.647. The molecule has 1 fully saturated rings. The summed E-state index contributed by atoms with van der Waals surface area (Å²) in [6.45, 7) is 9.10.